The first-order valence-electron chi connectivity index (χ1n) is 8.84. The molecule has 1 aliphatic rings. The summed E-state index contributed by atoms with van der Waals surface area (Å²) in [5, 5.41) is 6.18. The number of fused-ring (bicyclic) bond motifs is 1. The zero-order valence-electron chi connectivity index (χ0n) is 15.5. The summed E-state index contributed by atoms with van der Waals surface area (Å²) in [4.78, 5) is 23.0. The van der Waals surface area contributed by atoms with Crippen molar-refractivity contribution in [1.82, 2.24) is 15.6 Å². The normalized spacial score (nSPS) is 14.1. The second-order valence-corrected chi connectivity index (χ2v) is 6.31. The van der Waals surface area contributed by atoms with E-state index in [9.17, 15) is 4.79 Å². The Labute approximate surface area is 153 Å². The van der Waals surface area contributed by atoms with Crippen LogP contribution in [0.25, 0.3) is 0 Å². The Bertz CT molecular complexity index is 793. The molecule has 1 amide bonds. The first kappa shape index (κ1) is 18.0. The van der Waals surface area contributed by atoms with E-state index < -0.39 is 0 Å². The minimum atomic E-state index is 0.0305. The third kappa shape index (κ3) is 4.04. The van der Waals surface area contributed by atoms with Gasteiger partial charge < -0.3 is 20.0 Å². The van der Waals surface area contributed by atoms with Crippen molar-refractivity contribution < 1.29 is 9.21 Å². The summed E-state index contributed by atoms with van der Waals surface area (Å²) in [6.45, 7) is 5.13. The molecule has 0 saturated heterocycles. The van der Waals surface area contributed by atoms with Crippen LogP contribution in [0.4, 0.5) is 5.69 Å². The highest BCUT2D eigenvalue weighted by molar-refractivity contribution is 5.98. The van der Waals surface area contributed by atoms with E-state index in [0.29, 0.717) is 18.4 Å². The summed E-state index contributed by atoms with van der Waals surface area (Å²) in [5.41, 5.74) is 3.12. The SMILES string of the molecule is CN=C(NCC(=O)N1CCCc2ccccc21)NCc1nc(C)c(C)o1. The van der Waals surface area contributed by atoms with Gasteiger partial charge in [0.1, 0.15) is 5.76 Å². The fourth-order valence-electron chi connectivity index (χ4n) is 3.04. The summed E-state index contributed by atoms with van der Waals surface area (Å²) in [6.07, 6.45) is 2.00. The van der Waals surface area contributed by atoms with E-state index in [-0.39, 0.29) is 12.5 Å². The number of guanidine groups is 1. The molecule has 0 spiro atoms. The third-order valence-corrected chi connectivity index (χ3v) is 4.52. The molecule has 2 N–H and O–H groups in total. The van der Waals surface area contributed by atoms with Crippen molar-refractivity contribution in [3.63, 3.8) is 0 Å². The molecule has 0 atom stereocenters. The number of hydrogen-bond acceptors (Lipinski definition) is 4. The number of amides is 1. The number of aromatic nitrogens is 1. The molecule has 0 bridgehead atoms. The van der Waals surface area contributed by atoms with Crippen molar-refractivity contribution >= 4 is 17.6 Å². The lowest BCUT2D eigenvalue weighted by atomic mass is 10.0. The average Bonchev–Trinajstić information content (AvgIpc) is 2.99. The Kier molecular flexibility index (Phi) is 5.55. The number of carbonyl (C=O) groups is 1. The van der Waals surface area contributed by atoms with Crippen LogP contribution in [-0.2, 0) is 17.8 Å². The van der Waals surface area contributed by atoms with Gasteiger partial charge in [-0.1, -0.05) is 18.2 Å². The molecular formula is C19H25N5O2. The van der Waals surface area contributed by atoms with Gasteiger partial charge in [0.2, 0.25) is 11.8 Å². The molecule has 1 aromatic carbocycles. The van der Waals surface area contributed by atoms with Crippen LogP contribution >= 0.6 is 0 Å². The molecule has 26 heavy (non-hydrogen) atoms. The Hall–Kier alpha value is -2.83. The number of benzene rings is 1. The van der Waals surface area contributed by atoms with E-state index in [1.54, 1.807) is 7.05 Å². The second-order valence-electron chi connectivity index (χ2n) is 6.31. The van der Waals surface area contributed by atoms with Gasteiger partial charge in [-0.05, 0) is 38.3 Å². The molecule has 138 valence electrons. The minimum Gasteiger partial charge on any atom is -0.444 e. The van der Waals surface area contributed by atoms with Gasteiger partial charge in [-0.15, -0.1) is 0 Å². The number of aliphatic imine (C=N–C) groups is 1. The minimum absolute atomic E-state index is 0.0305. The number of hydrogen-bond donors (Lipinski definition) is 2. The van der Waals surface area contributed by atoms with E-state index in [2.05, 4.69) is 26.7 Å². The molecule has 3 rings (SSSR count). The number of oxazole rings is 1. The standard InChI is InChI=1S/C19H25N5O2/c1-13-14(2)26-17(23-13)11-21-19(20-3)22-12-18(25)24-10-6-8-15-7-4-5-9-16(15)24/h4-5,7,9H,6,8,10-12H2,1-3H3,(H2,20,21,22). The zero-order valence-corrected chi connectivity index (χ0v) is 15.5. The monoisotopic (exact) mass is 355 g/mol. The highest BCUT2D eigenvalue weighted by Gasteiger charge is 2.22. The first-order chi connectivity index (χ1) is 12.6. The van der Waals surface area contributed by atoms with Gasteiger partial charge in [-0.3, -0.25) is 9.79 Å². The van der Waals surface area contributed by atoms with E-state index >= 15 is 0 Å². The Morgan fingerprint density at radius 3 is 2.85 bits per heavy atom. The topological polar surface area (TPSA) is 82.8 Å². The van der Waals surface area contributed by atoms with Gasteiger partial charge >= 0.3 is 0 Å². The van der Waals surface area contributed by atoms with Crippen molar-refractivity contribution in [2.75, 3.05) is 25.0 Å². The molecule has 1 aliphatic heterocycles. The number of carbonyl (C=O) groups excluding carboxylic acids is 1. The van der Waals surface area contributed by atoms with Crippen LogP contribution in [0.1, 0.15) is 29.3 Å². The number of nitrogens with zero attached hydrogens (tertiary/aromatic N) is 3. The molecule has 0 radical (unpaired) electrons. The lowest BCUT2D eigenvalue weighted by Crippen LogP contribution is -2.45. The zero-order chi connectivity index (χ0) is 18.5. The molecule has 0 saturated carbocycles. The number of para-hydroxylation sites is 1. The second kappa shape index (κ2) is 8.03. The van der Waals surface area contributed by atoms with Crippen molar-refractivity contribution in [3.8, 4) is 0 Å². The first-order valence-corrected chi connectivity index (χ1v) is 8.84. The van der Waals surface area contributed by atoms with Crippen LogP contribution in [0.5, 0.6) is 0 Å². The summed E-state index contributed by atoms with van der Waals surface area (Å²) in [6, 6.07) is 8.08. The van der Waals surface area contributed by atoms with Crippen LogP contribution in [0.15, 0.2) is 33.7 Å². The van der Waals surface area contributed by atoms with Crippen molar-refractivity contribution in [2.45, 2.75) is 33.2 Å². The maximum atomic E-state index is 12.7. The van der Waals surface area contributed by atoms with Gasteiger partial charge in [-0.25, -0.2) is 4.98 Å². The van der Waals surface area contributed by atoms with Crippen molar-refractivity contribution in [1.29, 1.82) is 0 Å². The Morgan fingerprint density at radius 2 is 2.12 bits per heavy atom. The quantitative estimate of drug-likeness (QED) is 0.647. The van der Waals surface area contributed by atoms with Gasteiger partial charge in [0.05, 0.1) is 18.8 Å². The highest BCUT2D eigenvalue weighted by atomic mass is 16.4. The van der Waals surface area contributed by atoms with Gasteiger partial charge in [0.25, 0.3) is 0 Å². The number of aryl methyl sites for hydroxylation is 3. The van der Waals surface area contributed by atoms with Crippen molar-refractivity contribution in [2.24, 2.45) is 4.99 Å². The fraction of sp³-hybridized carbons (Fsp3) is 0.421. The van der Waals surface area contributed by atoms with Gasteiger partial charge in [0.15, 0.2) is 5.96 Å². The summed E-state index contributed by atoms with van der Waals surface area (Å²) < 4.78 is 5.54. The average molecular weight is 355 g/mol. The van der Waals surface area contributed by atoms with Gasteiger partial charge in [0, 0.05) is 19.3 Å². The van der Waals surface area contributed by atoms with E-state index in [0.717, 1.165) is 36.5 Å². The summed E-state index contributed by atoms with van der Waals surface area (Å²) >= 11 is 0. The van der Waals surface area contributed by atoms with Crippen LogP contribution in [0.2, 0.25) is 0 Å². The highest BCUT2D eigenvalue weighted by Crippen LogP contribution is 2.26. The van der Waals surface area contributed by atoms with E-state index in [4.69, 9.17) is 4.42 Å². The fourth-order valence-corrected chi connectivity index (χ4v) is 3.04. The lowest BCUT2D eigenvalue weighted by Gasteiger charge is -2.29. The molecule has 0 aliphatic carbocycles. The van der Waals surface area contributed by atoms with Crippen LogP contribution in [-0.4, -0.2) is 37.0 Å². The molecule has 7 heteroatoms. The Morgan fingerprint density at radius 1 is 1.31 bits per heavy atom. The van der Waals surface area contributed by atoms with Crippen LogP contribution < -0.4 is 15.5 Å². The molecule has 0 unspecified atom stereocenters. The third-order valence-electron chi connectivity index (χ3n) is 4.52. The largest absolute Gasteiger partial charge is 0.444 e. The van der Waals surface area contributed by atoms with Crippen LogP contribution in [0.3, 0.4) is 0 Å². The lowest BCUT2D eigenvalue weighted by molar-refractivity contribution is -0.117. The van der Waals surface area contributed by atoms with E-state index in [1.807, 2.05) is 36.9 Å². The maximum Gasteiger partial charge on any atom is 0.246 e. The smallest absolute Gasteiger partial charge is 0.246 e. The molecule has 2 heterocycles. The van der Waals surface area contributed by atoms with Crippen LogP contribution in [0, 0.1) is 13.8 Å². The number of anilines is 1. The maximum absolute atomic E-state index is 12.7. The predicted octanol–water partition coefficient (Wildman–Crippen LogP) is 1.94. The molecular weight excluding hydrogens is 330 g/mol. The number of rotatable bonds is 4. The molecule has 0 fully saturated rings. The molecule has 7 nitrogen and oxygen atoms in total. The van der Waals surface area contributed by atoms with Crippen molar-refractivity contribution in [3.05, 3.63) is 47.2 Å². The molecule has 1 aromatic heterocycles. The van der Waals surface area contributed by atoms with E-state index in [1.165, 1.54) is 5.56 Å². The van der Waals surface area contributed by atoms with Gasteiger partial charge in [-0.2, -0.15) is 0 Å². The number of nitrogens with one attached hydrogen (secondary N) is 2. The summed E-state index contributed by atoms with van der Waals surface area (Å²) in [7, 11) is 1.67. The Balaban J connectivity index is 1.55. The predicted molar refractivity (Wildman–Crippen MR) is 101 cm³/mol. The summed E-state index contributed by atoms with van der Waals surface area (Å²) in [5.74, 6) is 1.97. The molecule has 2 aromatic rings.